The Morgan fingerprint density at radius 1 is 1.00 bits per heavy atom. The lowest BCUT2D eigenvalue weighted by molar-refractivity contribution is -0.159. The summed E-state index contributed by atoms with van der Waals surface area (Å²) in [5, 5.41) is 14.8. The molecular weight excluding hydrogens is 199 g/mol. The van der Waals surface area contributed by atoms with Gasteiger partial charge in [-0.2, -0.15) is 0 Å². The second-order valence-electron chi connectivity index (χ2n) is 0.858. The Morgan fingerprint density at radius 2 is 1.09 bits per heavy atom. The van der Waals surface area contributed by atoms with Gasteiger partial charge in [0.15, 0.2) is 17.4 Å². The number of aliphatic carboxylic acids is 2. The molecule has 0 aromatic rings. The van der Waals surface area contributed by atoms with E-state index in [-0.39, 0.29) is 17.4 Å². The normalized spacial score (nSPS) is 6.45. The molecule has 0 bridgehead atoms. The minimum atomic E-state index is -4.64. The summed E-state index contributed by atoms with van der Waals surface area (Å²) in [5.74, 6) is -3.65. The quantitative estimate of drug-likeness (QED) is 0.386. The molecule has 64 valence electrons. The van der Waals surface area contributed by atoms with Crippen molar-refractivity contribution >= 4 is 44.8 Å². The van der Waals surface area contributed by atoms with Crippen molar-refractivity contribution in [3.8, 4) is 0 Å². The van der Waals surface area contributed by atoms with Gasteiger partial charge in [-0.05, 0) is 0 Å². The number of carbonyl (C=O) groups is 2. The van der Waals surface area contributed by atoms with Crippen molar-refractivity contribution in [1.82, 2.24) is 0 Å². The maximum atomic E-state index is 9.81. The van der Waals surface area contributed by atoms with E-state index in [4.69, 9.17) is 19.8 Å². The highest BCUT2D eigenvalue weighted by Crippen LogP contribution is 1.80. The minimum Gasteiger partial charge on any atom is -0.473 e. The summed E-state index contributed by atoms with van der Waals surface area (Å²) in [6.45, 7) is 0. The monoisotopic (exact) mass is 204 g/mol. The van der Waals surface area contributed by atoms with Crippen molar-refractivity contribution in [3.05, 3.63) is 0 Å². The van der Waals surface area contributed by atoms with E-state index in [1.54, 1.807) is 0 Å². The SMILES string of the molecule is O=C(O)C(=O)O.[AlH3].[F][Al]([F])[F]. The highest BCUT2D eigenvalue weighted by Gasteiger charge is 2.21. The molecule has 0 unspecified atom stereocenters. The lowest BCUT2D eigenvalue weighted by Gasteiger charge is -1.72. The molecule has 0 rings (SSSR count). The molecule has 0 aliphatic heterocycles. The zero-order valence-electron chi connectivity index (χ0n) is 4.42. The van der Waals surface area contributed by atoms with Crippen LogP contribution in [-0.2, 0) is 9.59 Å². The molecule has 0 heterocycles. The minimum absolute atomic E-state index is 0. The summed E-state index contributed by atoms with van der Waals surface area (Å²) < 4.78 is 29.4. The molecule has 4 nitrogen and oxygen atoms in total. The van der Waals surface area contributed by atoms with Crippen LogP contribution in [0.4, 0.5) is 10.6 Å². The van der Waals surface area contributed by atoms with Gasteiger partial charge >= 0.3 is 27.5 Å². The van der Waals surface area contributed by atoms with Gasteiger partial charge in [0, 0.05) is 0 Å². The van der Waals surface area contributed by atoms with E-state index in [9.17, 15) is 10.6 Å². The first-order chi connectivity index (χ1) is 4.37. The molecule has 0 fully saturated rings. The molecular formula is C2H5Al2F3O4. The predicted molar refractivity (Wildman–Crippen MR) is 34.3 cm³/mol. The van der Waals surface area contributed by atoms with E-state index in [0.717, 1.165) is 0 Å². The summed E-state index contributed by atoms with van der Waals surface area (Å²) in [5.41, 5.74) is 0. The molecule has 0 amide bonds. The zero-order chi connectivity index (χ0) is 8.73. The fourth-order valence-corrected chi connectivity index (χ4v) is 0. The number of rotatable bonds is 0. The van der Waals surface area contributed by atoms with Gasteiger partial charge in [0.1, 0.15) is 0 Å². The molecule has 0 saturated heterocycles. The Labute approximate surface area is 75.6 Å². The van der Waals surface area contributed by atoms with Gasteiger partial charge in [-0.1, -0.05) is 0 Å². The molecule has 0 aromatic carbocycles. The van der Waals surface area contributed by atoms with E-state index in [1.807, 2.05) is 0 Å². The Balaban J connectivity index is -0.000000114. The second-order valence-corrected chi connectivity index (χ2v) is 1.35. The maximum absolute atomic E-state index is 9.81. The van der Waals surface area contributed by atoms with Crippen LogP contribution in [0.1, 0.15) is 0 Å². The van der Waals surface area contributed by atoms with Crippen molar-refractivity contribution in [2.45, 2.75) is 0 Å². The van der Waals surface area contributed by atoms with Gasteiger partial charge in [0.05, 0.1) is 0 Å². The van der Waals surface area contributed by atoms with Crippen molar-refractivity contribution in [2.24, 2.45) is 0 Å². The van der Waals surface area contributed by atoms with E-state index in [1.165, 1.54) is 0 Å². The number of halogens is 3. The Morgan fingerprint density at radius 3 is 1.09 bits per heavy atom. The number of carboxylic acid groups (broad SMARTS) is 2. The average Bonchev–Trinajstić information content (AvgIpc) is 1.63. The van der Waals surface area contributed by atoms with Gasteiger partial charge < -0.3 is 20.8 Å². The van der Waals surface area contributed by atoms with Crippen LogP contribution >= 0.6 is 0 Å². The largest absolute Gasteiger partial charge is 1.04 e. The van der Waals surface area contributed by atoms with Crippen LogP contribution in [0, 0.1) is 0 Å². The number of carboxylic acids is 2. The molecule has 0 aromatic heterocycles. The van der Waals surface area contributed by atoms with E-state index in [0.29, 0.717) is 0 Å². The summed E-state index contributed by atoms with van der Waals surface area (Å²) in [4.78, 5) is 18.2. The van der Waals surface area contributed by atoms with Gasteiger partial charge in [-0.25, -0.2) is 9.59 Å². The zero-order valence-corrected chi connectivity index (χ0v) is 5.58. The third-order valence-electron chi connectivity index (χ3n) is 0.183. The average molecular weight is 204 g/mol. The van der Waals surface area contributed by atoms with Crippen LogP contribution in [0.2, 0.25) is 0 Å². The predicted octanol–water partition coefficient (Wildman–Crippen LogP) is -1.15. The Hall–Kier alpha value is -0.205. The molecule has 2 N–H and O–H groups in total. The molecule has 0 saturated carbocycles. The van der Waals surface area contributed by atoms with E-state index >= 15 is 0 Å². The summed E-state index contributed by atoms with van der Waals surface area (Å²) >= 11 is -4.64. The van der Waals surface area contributed by atoms with Crippen LogP contribution in [0.25, 0.3) is 0 Å². The molecule has 0 radical (unpaired) electrons. The smallest absolute Gasteiger partial charge is 0.473 e. The molecule has 9 heteroatoms. The Kier molecular flexibility index (Phi) is 15.2. The van der Waals surface area contributed by atoms with Crippen molar-refractivity contribution < 1.29 is 30.4 Å². The molecule has 0 aliphatic carbocycles. The van der Waals surface area contributed by atoms with E-state index in [2.05, 4.69) is 0 Å². The molecule has 0 spiro atoms. The first-order valence-electron chi connectivity index (χ1n) is 1.76. The van der Waals surface area contributed by atoms with Crippen molar-refractivity contribution in [3.63, 3.8) is 0 Å². The maximum Gasteiger partial charge on any atom is 1.04 e. The van der Waals surface area contributed by atoms with Crippen LogP contribution in [0.15, 0.2) is 0 Å². The lowest BCUT2D eigenvalue weighted by Crippen LogP contribution is -2.09. The fourth-order valence-electron chi connectivity index (χ4n) is 0. The standard InChI is InChI=1S/C2H2O4.2Al.3FH.3H/c3-1(4)2(5)6;;;;;;;;/h(H,3,4)(H,5,6);;;3*1H;;;/q;;+3;;;;;;/p-3. The molecule has 0 atom stereocenters. The highest BCUT2D eigenvalue weighted by atomic mass is 27.3. The number of hydrogen-bond acceptors (Lipinski definition) is 2. The molecule has 11 heavy (non-hydrogen) atoms. The van der Waals surface area contributed by atoms with E-state index < -0.39 is 27.5 Å². The first kappa shape index (κ1) is 17.0. The van der Waals surface area contributed by atoms with Crippen molar-refractivity contribution in [1.29, 1.82) is 0 Å². The highest BCUT2D eigenvalue weighted by molar-refractivity contribution is 6.33. The first-order valence-corrected chi connectivity index (χ1v) is 3.07. The second kappa shape index (κ2) is 9.79. The molecule has 0 aliphatic rings. The van der Waals surface area contributed by atoms with Crippen LogP contribution < -0.4 is 0 Å². The van der Waals surface area contributed by atoms with Crippen LogP contribution in [-0.4, -0.2) is 55.0 Å². The van der Waals surface area contributed by atoms with Gasteiger partial charge in [-0.15, -0.1) is 0 Å². The third kappa shape index (κ3) is 41.3. The van der Waals surface area contributed by atoms with Crippen LogP contribution in [0.3, 0.4) is 0 Å². The van der Waals surface area contributed by atoms with Gasteiger partial charge in [0.25, 0.3) is 0 Å². The fraction of sp³-hybridized carbons (Fsp3) is 0. The topological polar surface area (TPSA) is 74.6 Å². The summed E-state index contributed by atoms with van der Waals surface area (Å²) in [6, 6.07) is 0. The lowest BCUT2D eigenvalue weighted by atomic mass is 10.7. The summed E-state index contributed by atoms with van der Waals surface area (Å²) in [7, 11) is 0. The van der Waals surface area contributed by atoms with Gasteiger partial charge in [0.2, 0.25) is 0 Å². The van der Waals surface area contributed by atoms with Crippen molar-refractivity contribution in [2.75, 3.05) is 0 Å². The van der Waals surface area contributed by atoms with Crippen LogP contribution in [0.5, 0.6) is 0 Å². The Bertz CT molecular complexity index is 114. The third-order valence-corrected chi connectivity index (χ3v) is 0.183. The number of hydrogen-bond donors (Lipinski definition) is 2. The van der Waals surface area contributed by atoms with Gasteiger partial charge in [-0.3, -0.25) is 0 Å². The summed E-state index contributed by atoms with van der Waals surface area (Å²) in [6.07, 6.45) is 0.